The Kier molecular flexibility index (Phi) is 5.51. The zero-order chi connectivity index (χ0) is 20.4. The predicted molar refractivity (Wildman–Crippen MR) is 107 cm³/mol. The minimum absolute atomic E-state index is 0.0989. The molecule has 2 aromatic carbocycles. The summed E-state index contributed by atoms with van der Waals surface area (Å²) in [6, 6.07) is 13.3. The van der Waals surface area contributed by atoms with E-state index in [4.69, 9.17) is 4.74 Å². The Balaban J connectivity index is 1.58. The molecule has 2 aliphatic rings. The highest BCUT2D eigenvalue weighted by molar-refractivity contribution is 5.95. The van der Waals surface area contributed by atoms with Gasteiger partial charge in [-0.15, -0.1) is 0 Å². The van der Waals surface area contributed by atoms with Crippen LogP contribution >= 0.6 is 0 Å². The molecular weight excluding hydrogens is 371 g/mol. The van der Waals surface area contributed by atoms with E-state index in [0.29, 0.717) is 24.4 Å². The van der Waals surface area contributed by atoms with Crippen molar-refractivity contribution in [1.29, 1.82) is 0 Å². The van der Waals surface area contributed by atoms with Crippen molar-refractivity contribution in [3.8, 4) is 5.75 Å². The van der Waals surface area contributed by atoms with Crippen LogP contribution in [0.4, 0.5) is 4.39 Å². The van der Waals surface area contributed by atoms with Crippen molar-refractivity contribution in [2.75, 3.05) is 33.3 Å². The van der Waals surface area contributed by atoms with Crippen LogP contribution in [0.2, 0.25) is 0 Å². The number of methoxy groups -OCH3 is 1. The van der Waals surface area contributed by atoms with Crippen LogP contribution in [0.3, 0.4) is 0 Å². The number of halogens is 1. The van der Waals surface area contributed by atoms with Gasteiger partial charge in [0, 0.05) is 37.7 Å². The Morgan fingerprint density at radius 3 is 2.21 bits per heavy atom. The van der Waals surface area contributed by atoms with Crippen LogP contribution < -0.4 is 4.74 Å². The Labute approximate surface area is 170 Å². The van der Waals surface area contributed by atoms with Gasteiger partial charge in [-0.25, -0.2) is 4.39 Å². The molecular formula is C23H25FN2O3. The number of benzene rings is 2. The maximum Gasteiger partial charge on any atom is 0.253 e. The van der Waals surface area contributed by atoms with Gasteiger partial charge in [0.05, 0.1) is 13.0 Å². The summed E-state index contributed by atoms with van der Waals surface area (Å²) in [5.74, 6) is -0.0559. The fraction of sp³-hybridized carbons (Fsp3) is 0.391. The van der Waals surface area contributed by atoms with Gasteiger partial charge in [0.25, 0.3) is 5.91 Å². The predicted octanol–water partition coefficient (Wildman–Crippen LogP) is 3.31. The minimum Gasteiger partial charge on any atom is -0.497 e. The fourth-order valence-electron chi connectivity index (χ4n) is 4.36. The van der Waals surface area contributed by atoms with Crippen LogP contribution in [-0.4, -0.2) is 54.9 Å². The Morgan fingerprint density at radius 2 is 1.59 bits per heavy atom. The maximum atomic E-state index is 13.4. The second kappa shape index (κ2) is 8.23. The summed E-state index contributed by atoms with van der Waals surface area (Å²) in [6.07, 6.45) is 2.04. The molecule has 0 bridgehead atoms. The molecule has 0 unspecified atom stereocenters. The van der Waals surface area contributed by atoms with Gasteiger partial charge in [-0.3, -0.25) is 9.59 Å². The zero-order valence-corrected chi connectivity index (χ0v) is 16.5. The summed E-state index contributed by atoms with van der Waals surface area (Å²) in [6.45, 7) is 2.37. The SMILES string of the molecule is COc1ccc(C(=O)N2C[C@H](c3ccc(F)cc3)[C@H](C(=O)N3CCCC3)C2)cc1. The highest BCUT2D eigenvalue weighted by Crippen LogP contribution is 2.35. The third-order valence-electron chi connectivity index (χ3n) is 5.98. The van der Waals surface area contributed by atoms with Crippen molar-refractivity contribution in [2.45, 2.75) is 18.8 Å². The zero-order valence-electron chi connectivity index (χ0n) is 16.5. The molecule has 0 saturated carbocycles. The van der Waals surface area contributed by atoms with Gasteiger partial charge in [0.2, 0.25) is 5.91 Å². The Morgan fingerprint density at radius 1 is 0.931 bits per heavy atom. The van der Waals surface area contributed by atoms with E-state index < -0.39 is 0 Å². The van der Waals surface area contributed by atoms with E-state index in [0.717, 1.165) is 31.5 Å². The van der Waals surface area contributed by atoms with E-state index in [1.807, 2.05) is 4.90 Å². The average Bonchev–Trinajstić information content (AvgIpc) is 3.44. The number of rotatable bonds is 4. The molecule has 0 N–H and O–H groups in total. The van der Waals surface area contributed by atoms with E-state index in [1.54, 1.807) is 48.4 Å². The number of hydrogen-bond donors (Lipinski definition) is 0. The largest absolute Gasteiger partial charge is 0.497 e. The van der Waals surface area contributed by atoms with Crippen LogP contribution in [0.15, 0.2) is 48.5 Å². The smallest absolute Gasteiger partial charge is 0.253 e. The van der Waals surface area contributed by atoms with Crippen LogP contribution in [-0.2, 0) is 4.79 Å². The second-order valence-electron chi connectivity index (χ2n) is 7.74. The van der Waals surface area contributed by atoms with Crippen molar-refractivity contribution in [1.82, 2.24) is 9.80 Å². The Hall–Kier alpha value is -2.89. The molecule has 0 radical (unpaired) electrons. The van der Waals surface area contributed by atoms with Crippen LogP contribution in [0, 0.1) is 11.7 Å². The summed E-state index contributed by atoms with van der Waals surface area (Å²) in [5, 5.41) is 0. The Bertz CT molecular complexity index is 876. The number of ether oxygens (including phenoxy) is 1. The standard InChI is InChI=1S/C23H25FN2O3/c1-29-19-10-6-17(7-11-19)22(27)26-14-20(16-4-8-18(24)9-5-16)21(15-26)23(28)25-12-2-3-13-25/h4-11,20-21H,2-3,12-15H2,1H3/t20-,21-/m1/s1. The van der Waals surface area contributed by atoms with Gasteiger partial charge in [-0.1, -0.05) is 12.1 Å². The molecule has 4 rings (SSSR count). The van der Waals surface area contributed by atoms with E-state index in [9.17, 15) is 14.0 Å². The molecule has 2 fully saturated rings. The molecule has 0 aliphatic carbocycles. The number of carbonyl (C=O) groups excluding carboxylic acids is 2. The van der Waals surface area contributed by atoms with Gasteiger partial charge < -0.3 is 14.5 Å². The molecule has 2 saturated heterocycles. The maximum absolute atomic E-state index is 13.4. The molecule has 2 aliphatic heterocycles. The lowest BCUT2D eigenvalue weighted by molar-refractivity contribution is -0.134. The molecule has 2 amide bonds. The summed E-state index contributed by atoms with van der Waals surface area (Å²) in [5.41, 5.74) is 1.46. The van der Waals surface area contributed by atoms with Crippen LogP contribution in [0.1, 0.15) is 34.7 Å². The first kappa shape index (κ1) is 19.4. The van der Waals surface area contributed by atoms with Gasteiger partial charge in [0.1, 0.15) is 11.6 Å². The van der Waals surface area contributed by atoms with Crippen LogP contribution in [0.25, 0.3) is 0 Å². The summed E-state index contributed by atoms with van der Waals surface area (Å²) in [7, 11) is 1.58. The summed E-state index contributed by atoms with van der Waals surface area (Å²) < 4.78 is 18.6. The van der Waals surface area contributed by atoms with Crippen molar-refractivity contribution < 1.29 is 18.7 Å². The van der Waals surface area contributed by atoms with Crippen LogP contribution in [0.5, 0.6) is 5.75 Å². The molecule has 0 spiro atoms. The third-order valence-corrected chi connectivity index (χ3v) is 5.98. The van der Waals surface area contributed by atoms with Crippen molar-refractivity contribution >= 4 is 11.8 Å². The van der Waals surface area contributed by atoms with E-state index in [-0.39, 0.29) is 29.5 Å². The molecule has 5 nitrogen and oxygen atoms in total. The normalized spacial score (nSPS) is 21.4. The number of amides is 2. The van der Waals surface area contributed by atoms with Crippen molar-refractivity contribution in [2.24, 2.45) is 5.92 Å². The van der Waals surface area contributed by atoms with E-state index in [1.165, 1.54) is 12.1 Å². The lowest BCUT2D eigenvalue weighted by Crippen LogP contribution is -2.37. The van der Waals surface area contributed by atoms with Gasteiger partial charge in [-0.05, 0) is 54.8 Å². The highest BCUT2D eigenvalue weighted by Gasteiger charge is 2.42. The van der Waals surface area contributed by atoms with Crippen molar-refractivity contribution in [3.63, 3.8) is 0 Å². The molecule has 0 aromatic heterocycles. The van der Waals surface area contributed by atoms with Gasteiger partial charge in [-0.2, -0.15) is 0 Å². The van der Waals surface area contributed by atoms with Gasteiger partial charge >= 0.3 is 0 Å². The number of nitrogens with zero attached hydrogens (tertiary/aromatic N) is 2. The third kappa shape index (κ3) is 3.97. The van der Waals surface area contributed by atoms with E-state index >= 15 is 0 Å². The number of hydrogen-bond acceptors (Lipinski definition) is 3. The first-order valence-electron chi connectivity index (χ1n) is 10.0. The monoisotopic (exact) mass is 396 g/mol. The first-order valence-corrected chi connectivity index (χ1v) is 10.0. The number of likely N-dealkylation sites (tertiary alicyclic amines) is 2. The second-order valence-corrected chi connectivity index (χ2v) is 7.74. The average molecular weight is 396 g/mol. The minimum atomic E-state index is -0.305. The molecule has 29 heavy (non-hydrogen) atoms. The fourth-order valence-corrected chi connectivity index (χ4v) is 4.36. The molecule has 152 valence electrons. The molecule has 6 heteroatoms. The van der Waals surface area contributed by atoms with E-state index in [2.05, 4.69) is 0 Å². The molecule has 2 heterocycles. The molecule has 2 aromatic rings. The van der Waals surface area contributed by atoms with Crippen molar-refractivity contribution in [3.05, 3.63) is 65.5 Å². The number of carbonyl (C=O) groups is 2. The topological polar surface area (TPSA) is 49.9 Å². The first-order chi connectivity index (χ1) is 14.1. The quantitative estimate of drug-likeness (QED) is 0.797. The summed E-state index contributed by atoms with van der Waals surface area (Å²) in [4.78, 5) is 29.9. The lowest BCUT2D eigenvalue weighted by atomic mass is 9.88. The highest BCUT2D eigenvalue weighted by atomic mass is 19.1. The molecule has 2 atom stereocenters. The summed E-state index contributed by atoms with van der Waals surface area (Å²) >= 11 is 0. The lowest BCUT2D eigenvalue weighted by Gasteiger charge is -2.24. The van der Waals surface area contributed by atoms with Gasteiger partial charge in [0.15, 0.2) is 0 Å².